The fourth-order valence-corrected chi connectivity index (χ4v) is 5.82. The number of benzene rings is 1. The SMILES string of the molecule is Nc1nc(SCC(=O)NCc2ccc(Cl)cc2)ncc1S(=O)(=O)c1ccc(Cl)s1. The van der Waals surface area contributed by atoms with Crippen molar-refractivity contribution < 1.29 is 13.2 Å². The summed E-state index contributed by atoms with van der Waals surface area (Å²) in [5.41, 5.74) is 6.73. The van der Waals surface area contributed by atoms with Gasteiger partial charge in [0.05, 0.1) is 16.3 Å². The molecule has 1 aromatic carbocycles. The van der Waals surface area contributed by atoms with Gasteiger partial charge in [-0.25, -0.2) is 18.4 Å². The summed E-state index contributed by atoms with van der Waals surface area (Å²) in [6.07, 6.45) is 1.14. The zero-order valence-corrected chi connectivity index (χ0v) is 18.6. The summed E-state index contributed by atoms with van der Waals surface area (Å²) in [4.78, 5) is 19.8. The van der Waals surface area contributed by atoms with Crippen LogP contribution in [0.2, 0.25) is 9.36 Å². The van der Waals surface area contributed by atoms with E-state index in [9.17, 15) is 13.2 Å². The first-order chi connectivity index (χ1) is 13.8. The summed E-state index contributed by atoms with van der Waals surface area (Å²) in [5, 5.41) is 3.59. The van der Waals surface area contributed by atoms with Gasteiger partial charge in [-0.15, -0.1) is 11.3 Å². The maximum Gasteiger partial charge on any atom is 0.230 e. The van der Waals surface area contributed by atoms with E-state index in [1.807, 2.05) is 12.1 Å². The maximum atomic E-state index is 12.6. The van der Waals surface area contributed by atoms with Crippen LogP contribution in [0.25, 0.3) is 0 Å². The number of sulfone groups is 1. The van der Waals surface area contributed by atoms with E-state index in [1.54, 1.807) is 12.1 Å². The molecule has 0 aliphatic heterocycles. The summed E-state index contributed by atoms with van der Waals surface area (Å²) in [7, 11) is -3.85. The lowest BCUT2D eigenvalue weighted by Gasteiger charge is -2.07. The smallest absolute Gasteiger partial charge is 0.230 e. The average molecular weight is 489 g/mol. The molecule has 0 aliphatic rings. The Kier molecular flexibility index (Phi) is 7.01. The highest BCUT2D eigenvalue weighted by Crippen LogP contribution is 2.32. The van der Waals surface area contributed by atoms with E-state index in [-0.39, 0.29) is 31.7 Å². The van der Waals surface area contributed by atoms with E-state index >= 15 is 0 Å². The predicted molar refractivity (Wildman–Crippen MR) is 115 cm³/mol. The number of aromatic nitrogens is 2. The lowest BCUT2D eigenvalue weighted by atomic mass is 10.2. The van der Waals surface area contributed by atoms with Crippen molar-refractivity contribution in [2.24, 2.45) is 0 Å². The van der Waals surface area contributed by atoms with Gasteiger partial charge in [0.25, 0.3) is 0 Å². The van der Waals surface area contributed by atoms with Gasteiger partial charge in [0.1, 0.15) is 14.9 Å². The van der Waals surface area contributed by atoms with E-state index in [0.29, 0.717) is 15.9 Å². The predicted octanol–water partition coefficient (Wildman–Crippen LogP) is 3.67. The Balaban J connectivity index is 1.60. The van der Waals surface area contributed by atoms with Crippen molar-refractivity contribution in [1.29, 1.82) is 0 Å². The fraction of sp³-hybridized carbons (Fsp3) is 0.118. The van der Waals surface area contributed by atoms with Gasteiger partial charge in [-0.2, -0.15) is 0 Å². The molecule has 29 heavy (non-hydrogen) atoms. The molecule has 152 valence electrons. The number of nitrogens with zero attached hydrogens (tertiary/aromatic N) is 2. The first kappa shape index (κ1) is 21.8. The van der Waals surface area contributed by atoms with E-state index in [1.165, 1.54) is 12.1 Å². The summed E-state index contributed by atoms with van der Waals surface area (Å²) in [6, 6.07) is 10.0. The fourth-order valence-electron chi connectivity index (χ4n) is 2.18. The van der Waals surface area contributed by atoms with Crippen LogP contribution < -0.4 is 11.1 Å². The molecule has 2 heterocycles. The van der Waals surface area contributed by atoms with Gasteiger partial charge in [0.15, 0.2) is 5.16 Å². The molecule has 3 rings (SSSR count). The summed E-state index contributed by atoms with van der Waals surface area (Å²) in [5.74, 6) is -0.356. The lowest BCUT2D eigenvalue weighted by molar-refractivity contribution is -0.118. The van der Waals surface area contributed by atoms with Crippen molar-refractivity contribution in [3.63, 3.8) is 0 Å². The number of amides is 1. The quantitative estimate of drug-likeness (QED) is 0.384. The molecular formula is C17H14Cl2N4O3S3. The minimum absolute atomic E-state index is 0.0552. The molecule has 0 atom stereocenters. The number of nitrogen functional groups attached to an aromatic ring is 1. The molecule has 0 unspecified atom stereocenters. The van der Waals surface area contributed by atoms with Gasteiger partial charge in [-0.1, -0.05) is 47.1 Å². The minimum atomic E-state index is -3.85. The van der Waals surface area contributed by atoms with Gasteiger partial charge in [-0.05, 0) is 29.8 Å². The van der Waals surface area contributed by atoms with Gasteiger partial charge in [0, 0.05) is 11.6 Å². The van der Waals surface area contributed by atoms with Gasteiger partial charge >= 0.3 is 0 Å². The summed E-state index contributed by atoms with van der Waals surface area (Å²) in [6.45, 7) is 0.361. The molecule has 0 saturated heterocycles. The third-order valence-corrected chi connectivity index (χ3v) is 8.21. The first-order valence-corrected chi connectivity index (χ1v) is 12.1. The first-order valence-electron chi connectivity index (χ1n) is 8.02. The number of anilines is 1. The van der Waals surface area contributed by atoms with Crippen LogP contribution in [-0.2, 0) is 21.2 Å². The molecule has 0 spiro atoms. The van der Waals surface area contributed by atoms with E-state index in [2.05, 4.69) is 15.3 Å². The Morgan fingerprint density at radius 3 is 2.52 bits per heavy atom. The highest BCUT2D eigenvalue weighted by atomic mass is 35.5. The van der Waals surface area contributed by atoms with Crippen LogP contribution in [0.4, 0.5) is 5.82 Å². The molecule has 3 N–H and O–H groups in total. The number of rotatable bonds is 7. The van der Waals surface area contributed by atoms with Gasteiger partial charge < -0.3 is 11.1 Å². The molecule has 0 fully saturated rings. The highest BCUT2D eigenvalue weighted by Gasteiger charge is 2.24. The van der Waals surface area contributed by atoms with Crippen molar-refractivity contribution in [2.45, 2.75) is 20.8 Å². The van der Waals surface area contributed by atoms with Crippen molar-refractivity contribution in [2.75, 3.05) is 11.5 Å². The number of halogens is 2. The Morgan fingerprint density at radius 2 is 1.90 bits per heavy atom. The van der Waals surface area contributed by atoms with Crippen LogP contribution in [0, 0.1) is 0 Å². The monoisotopic (exact) mass is 488 g/mol. The Labute approximate surface area is 185 Å². The van der Waals surface area contributed by atoms with Crippen LogP contribution >= 0.6 is 46.3 Å². The normalized spacial score (nSPS) is 11.4. The van der Waals surface area contributed by atoms with E-state index in [0.717, 1.165) is 34.9 Å². The van der Waals surface area contributed by atoms with Crippen LogP contribution in [0.1, 0.15) is 5.56 Å². The molecule has 0 saturated carbocycles. The Bertz CT molecular complexity index is 1140. The number of thioether (sulfide) groups is 1. The van der Waals surface area contributed by atoms with Crippen LogP contribution in [0.5, 0.6) is 0 Å². The molecule has 12 heteroatoms. The molecule has 0 radical (unpaired) electrons. The number of nitrogens with two attached hydrogens (primary N) is 1. The standard InChI is InChI=1S/C17H14Cl2N4O3S3/c18-11-3-1-10(2-4-11)7-21-14(24)9-27-17-22-8-12(16(20)23-17)29(25,26)15-6-5-13(19)28-15/h1-6,8H,7,9H2,(H,21,24)(H2,20,22,23). The largest absolute Gasteiger partial charge is 0.382 e. The number of hydrogen-bond acceptors (Lipinski definition) is 8. The lowest BCUT2D eigenvalue weighted by Crippen LogP contribution is -2.24. The van der Waals surface area contributed by atoms with Crippen LogP contribution in [-0.4, -0.2) is 30.0 Å². The molecule has 0 aliphatic carbocycles. The number of thiophene rings is 1. The third kappa shape index (κ3) is 5.61. The van der Waals surface area contributed by atoms with Gasteiger partial charge in [-0.3, -0.25) is 4.79 Å². The molecule has 7 nitrogen and oxygen atoms in total. The van der Waals surface area contributed by atoms with Crippen molar-refractivity contribution >= 4 is 67.9 Å². The van der Waals surface area contributed by atoms with Crippen molar-refractivity contribution in [1.82, 2.24) is 15.3 Å². The van der Waals surface area contributed by atoms with Crippen LogP contribution in [0.3, 0.4) is 0 Å². The third-order valence-electron chi connectivity index (χ3n) is 3.60. The second-order valence-electron chi connectivity index (χ2n) is 5.66. The van der Waals surface area contributed by atoms with Gasteiger partial charge in [0.2, 0.25) is 15.7 Å². The van der Waals surface area contributed by atoms with E-state index < -0.39 is 9.84 Å². The number of nitrogens with one attached hydrogen (secondary N) is 1. The van der Waals surface area contributed by atoms with Crippen molar-refractivity contribution in [3.05, 3.63) is 57.5 Å². The minimum Gasteiger partial charge on any atom is -0.382 e. The average Bonchev–Trinajstić information content (AvgIpc) is 3.13. The summed E-state index contributed by atoms with van der Waals surface area (Å²) < 4.78 is 25.6. The van der Waals surface area contributed by atoms with Crippen molar-refractivity contribution in [3.8, 4) is 0 Å². The Hall–Kier alpha value is -1.85. The molecule has 3 aromatic rings. The number of hydrogen-bond donors (Lipinski definition) is 2. The van der Waals surface area contributed by atoms with Crippen LogP contribution in [0.15, 0.2) is 56.9 Å². The second kappa shape index (κ2) is 9.31. The highest BCUT2D eigenvalue weighted by molar-refractivity contribution is 7.99. The second-order valence-corrected chi connectivity index (χ2v) is 10.9. The molecular weight excluding hydrogens is 475 g/mol. The number of carbonyl (C=O) groups is 1. The topological polar surface area (TPSA) is 115 Å². The maximum absolute atomic E-state index is 12.6. The molecule has 1 amide bonds. The number of carbonyl (C=O) groups excluding carboxylic acids is 1. The molecule has 0 bridgehead atoms. The summed E-state index contributed by atoms with van der Waals surface area (Å²) >= 11 is 13.6. The zero-order valence-electron chi connectivity index (χ0n) is 14.6. The zero-order chi connectivity index (χ0) is 21.0. The molecule has 2 aromatic heterocycles. The van der Waals surface area contributed by atoms with E-state index in [4.69, 9.17) is 28.9 Å². The Morgan fingerprint density at radius 1 is 1.17 bits per heavy atom.